The molecule has 2 radical (unpaired) electrons. The van der Waals surface area contributed by atoms with Gasteiger partial charge in [-0.15, -0.1) is 0 Å². The van der Waals surface area contributed by atoms with E-state index in [0.29, 0.717) is 0 Å². The summed E-state index contributed by atoms with van der Waals surface area (Å²) in [5.74, 6) is 0. The van der Waals surface area contributed by atoms with Crippen LogP contribution in [-0.2, 0) is 57.0 Å². The maximum atomic E-state index is 0. The average molecular weight is 324 g/mol. The molecule has 6 heteroatoms. The van der Waals surface area contributed by atoms with Gasteiger partial charge in [-0.25, -0.2) is 0 Å². The van der Waals surface area contributed by atoms with Crippen LogP contribution in [0.2, 0.25) is 0 Å². The van der Waals surface area contributed by atoms with Crippen molar-refractivity contribution in [1.29, 1.82) is 0 Å². The first kappa shape index (κ1) is 119. The van der Waals surface area contributed by atoms with Gasteiger partial charge in [0, 0.05) is 57.6 Å². The van der Waals surface area contributed by atoms with Crippen LogP contribution in [-0.4, -0.2) is 17.1 Å². The Labute approximate surface area is 73.7 Å². The molecule has 44 valence electrons. The molecule has 0 bridgehead atoms. The molecule has 0 spiro atoms. The summed E-state index contributed by atoms with van der Waals surface area (Å²) < 4.78 is 0. The molecule has 3 nitrogen and oxygen atoms in total. The predicted octanol–water partition coefficient (Wildman–Crippen LogP) is -0.742. The maximum absolute atomic E-state index is 0. The third-order valence-electron chi connectivity index (χ3n) is 0. The Morgan fingerprint density at radius 2 is 0.667 bits per heavy atom. The van der Waals surface area contributed by atoms with Gasteiger partial charge in [-0.05, 0) is 0 Å². The van der Waals surface area contributed by atoms with Gasteiger partial charge in [-0.2, -0.15) is 0 Å². The SMILES string of the molecule is [Mo].[O-2].[O-2].[O-2].[Ru].[Se]. The Hall–Kier alpha value is 1.71. The molecule has 0 saturated carbocycles. The molecule has 0 aliphatic heterocycles. The van der Waals surface area contributed by atoms with Gasteiger partial charge < -0.3 is 16.4 Å². The van der Waals surface area contributed by atoms with Gasteiger partial charge in [0.15, 0.2) is 0 Å². The second kappa shape index (κ2) is 74.8. The van der Waals surface area contributed by atoms with Crippen LogP contribution in [0.1, 0.15) is 0 Å². The zero-order valence-corrected chi connectivity index (χ0v) is 7.85. The third-order valence-corrected chi connectivity index (χ3v) is 0. The molecule has 0 amide bonds. The normalized spacial score (nSPS) is 0. The Morgan fingerprint density at radius 1 is 0.667 bits per heavy atom. The molecular formula is MoO3RuSe-6. The van der Waals surface area contributed by atoms with Crippen molar-refractivity contribution in [3.05, 3.63) is 0 Å². The van der Waals surface area contributed by atoms with Crippen molar-refractivity contribution >= 4 is 17.1 Å². The fourth-order valence-corrected chi connectivity index (χ4v) is 0. The van der Waals surface area contributed by atoms with Gasteiger partial charge in [-0.1, -0.05) is 0 Å². The summed E-state index contributed by atoms with van der Waals surface area (Å²) in [6.07, 6.45) is 0. The second-order valence-corrected chi connectivity index (χ2v) is 0. The van der Waals surface area contributed by atoms with Crippen molar-refractivity contribution in [1.82, 2.24) is 0 Å². The Bertz CT molecular complexity index is 10.8. The molecule has 0 N–H and O–H groups in total. The van der Waals surface area contributed by atoms with E-state index >= 15 is 0 Å². The summed E-state index contributed by atoms with van der Waals surface area (Å²) in [6.45, 7) is 0. The van der Waals surface area contributed by atoms with Crippen molar-refractivity contribution in [2.75, 3.05) is 0 Å². The number of rotatable bonds is 0. The Balaban J connectivity index is 0. The van der Waals surface area contributed by atoms with Crippen molar-refractivity contribution in [3.8, 4) is 0 Å². The van der Waals surface area contributed by atoms with Gasteiger partial charge in [-0.3, -0.25) is 0 Å². The first-order valence-electron chi connectivity index (χ1n) is 0. The predicted molar refractivity (Wildman–Crippen MR) is 7.81 cm³/mol. The minimum absolute atomic E-state index is 0. The summed E-state index contributed by atoms with van der Waals surface area (Å²) >= 11 is 0. The first-order valence-corrected chi connectivity index (χ1v) is 0. The number of hydrogen-bond donors (Lipinski definition) is 0. The molecule has 0 aromatic rings. The molecule has 0 aromatic carbocycles. The van der Waals surface area contributed by atoms with Crippen molar-refractivity contribution < 1.29 is 57.0 Å². The standard InChI is InChI=1S/Mo.3O.Ru.Se/q;3*-2;;. The minimum Gasteiger partial charge on any atom is -2.00 e. The minimum atomic E-state index is 0. The van der Waals surface area contributed by atoms with E-state index in [4.69, 9.17) is 0 Å². The van der Waals surface area contributed by atoms with Gasteiger partial charge in [0.25, 0.3) is 0 Å². The van der Waals surface area contributed by atoms with Crippen molar-refractivity contribution in [2.24, 2.45) is 0 Å². The van der Waals surface area contributed by atoms with E-state index in [0.717, 1.165) is 0 Å². The largest absolute Gasteiger partial charge is 2.00 e. The van der Waals surface area contributed by atoms with Gasteiger partial charge in [0.05, 0.1) is 0 Å². The van der Waals surface area contributed by atoms with Gasteiger partial charge in [0.1, 0.15) is 0 Å². The quantitative estimate of drug-likeness (QED) is 0.526. The molecule has 0 saturated heterocycles. The summed E-state index contributed by atoms with van der Waals surface area (Å²) in [4.78, 5) is 0. The van der Waals surface area contributed by atoms with Crippen LogP contribution >= 0.6 is 0 Å². The molecule has 0 rings (SSSR count). The van der Waals surface area contributed by atoms with E-state index < -0.39 is 0 Å². The summed E-state index contributed by atoms with van der Waals surface area (Å²) in [5, 5.41) is 0. The first-order chi connectivity index (χ1) is 0. The fraction of sp³-hybridized carbons (Fsp3) is 0. The Morgan fingerprint density at radius 3 is 0.667 bits per heavy atom. The van der Waals surface area contributed by atoms with Gasteiger partial charge >= 0.3 is 0 Å². The van der Waals surface area contributed by atoms with E-state index in [1.54, 1.807) is 0 Å². The maximum Gasteiger partial charge on any atom is 0 e. The summed E-state index contributed by atoms with van der Waals surface area (Å²) in [7, 11) is 0. The van der Waals surface area contributed by atoms with Crippen LogP contribution in [0.15, 0.2) is 0 Å². The van der Waals surface area contributed by atoms with E-state index in [1.165, 1.54) is 0 Å². The van der Waals surface area contributed by atoms with Crippen LogP contribution in [0.25, 0.3) is 0 Å². The summed E-state index contributed by atoms with van der Waals surface area (Å²) in [6, 6.07) is 0. The molecule has 0 heterocycles. The third kappa shape index (κ3) is 43.3. The van der Waals surface area contributed by atoms with Crippen molar-refractivity contribution in [3.63, 3.8) is 0 Å². The van der Waals surface area contributed by atoms with Crippen LogP contribution in [0.4, 0.5) is 0 Å². The molecule has 0 aromatic heterocycles. The average Bonchev–Trinajstić information content (AvgIpc) is 0. The molecule has 0 aliphatic carbocycles. The van der Waals surface area contributed by atoms with Gasteiger partial charge in [0.2, 0.25) is 0 Å². The second-order valence-electron chi connectivity index (χ2n) is 0. The number of hydrogen-bond acceptors (Lipinski definition) is 0. The van der Waals surface area contributed by atoms with E-state index in [2.05, 4.69) is 0 Å². The fourth-order valence-electron chi connectivity index (χ4n) is 0. The molecule has 6 heavy (non-hydrogen) atoms. The summed E-state index contributed by atoms with van der Waals surface area (Å²) in [5.41, 5.74) is 0. The smallest absolute Gasteiger partial charge is 0 e. The zero-order chi connectivity index (χ0) is 0. The topological polar surface area (TPSA) is 85.5 Å². The van der Waals surface area contributed by atoms with Crippen LogP contribution in [0.5, 0.6) is 0 Å². The zero-order valence-electron chi connectivity index (χ0n) is 2.39. The van der Waals surface area contributed by atoms with Crippen molar-refractivity contribution in [2.45, 2.75) is 0 Å². The molecule has 0 aliphatic rings. The molecule has 0 unspecified atom stereocenters. The van der Waals surface area contributed by atoms with Crippen LogP contribution in [0.3, 0.4) is 0 Å². The van der Waals surface area contributed by atoms with Crippen LogP contribution < -0.4 is 0 Å². The van der Waals surface area contributed by atoms with E-state index in [1.807, 2.05) is 0 Å². The molecular weight excluding hydrogens is 324 g/mol. The molecule has 0 fully saturated rings. The van der Waals surface area contributed by atoms with E-state index in [9.17, 15) is 0 Å². The van der Waals surface area contributed by atoms with E-state index in [-0.39, 0.29) is 74.0 Å². The van der Waals surface area contributed by atoms with Crippen LogP contribution in [0, 0.1) is 0 Å². The monoisotopic (exact) mass is 328 g/mol. The molecule has 0 atom stereocenters. The Kier molecular flexibility index (Phi) is 1480.